The smallest absolute Gasteiger partial charge is 0.265 e. The molecule has 0 N–H and O–H groups in total. The number of ether oxygens (including phenoxy) is 2. The van der Waals surface area contributed by atoms with Gasteiger partial charge in [-0.25, -0.2) is 28.4 Å². The minimum absolute atomic E-state index is 0.121. The number of alkyl halides is 2. The Balaban J connectivity index is 1.27. The number of benzene rings is 1. The number of rotatable bonds is 8. The highest BCUT2D eigenvalue weighted by atomic mass is 35.5. The Morgan fingerprint density at radius 1 is 1.21 bits per heavy atom. The molecular weight excluding hydrogens is 642 g/mol. The van der Waals surface area contributed by atoms with E-state index in [1.807, 2.05) is 16.8 Å². The quantitative estimate of drug-likeness (QED) is 0.235. The van der Waals surface area contributed by atoms with E-state index in [9.17, 15) is 18.8 Å². The zero-order chi connectivity index (χ0) is 33.7. The van der Waals surface area contributed by atoms with E-state index in [0.29, 0.717) is 76.1 Å². The van der Waals surface area contributed by atoms with Crippen molar-refractivity contribution in [3.8, 4) is 22.9 Å². The summed E-state index contributed by atoms with van der Waals surface area (Å²) in [5.41, 5.74) is 3.72. The largest absolute Gasteiger partial charge is 0.482 e. The third-order valence-electron chi connectivity index (χ3n) is 9.45. The lowest BCUT2D eigenvalue weighted by atomic mass is 9.85. The molecular formula is C34H35ClF2N8O3. The van der Waals surface area contributed by atoms with Crippen LogP contribution in [0.2, 0.25) is 5.02 Å². The monoisotopic (exact) mass is 676 g/mol. The van der Waals surface area contributed by atoms with Gasteiger partial charge in [-0.05, 0) is 36.5 Å². The molecule has 1 saturated carbocycles. The van der Waals surface area contributed by atoms with Crippen LogP contribution in [-0.2, 0) is 22.5 Å². The van der Waals surface area contributed by atoms with Crippen LogP contribution < -0.4 is 9.64 Å². The maximum Gasteiger partial charge on any atom is 0.265 e. The second-order valence-electron chi connectivity index (χ2n) is 13.2. The third-order valence-corrected chi connectivity index (χ3v) is 9.65. The molecule has 48 heavy (non-hydrogen) atoms. The maximum absolute atomic E-state index is 13.7. The summed E-state index contributed by atoms with van der Waals surface area (Å²) in [4.78, 5) is 30.1. The minimum atomic E-state index is -2.59. The zero-order valence-corrected chi connectivity index (χ0v) is 27.6. The van der Waals surface area contributed by atoms with Crippen molar-refractivity contribution in [2.45, 2.75) is 70.2 Å². The first-order valence-electron chi connectivity index (χ1n) is 16.0. The Morgan fingerprint density at radius 2 is 1.98 bits per heavy atom. The molecule has 7 rings (SSSR count). The highest BCUT2D eigenvalue weighted by Crippen LogP contribution is 2.44. The summed E-state index contributed by atoms with van der Waals surface area (Å²) in [6.07, 6.45) is 5.41. The number of hydrogen-bond acceptors (Lipinski definition) is 9. The Morgan fingerprint density at radius 3 is 2.67 bits per heavy atom. The Kier molecular flexibility index (Phi) is 8.51. The fourth-order valence-electron chi connectivity index (χ4n) is 7.06. The van der Waals surface area contributed by atoms with Gasteiger partial charge in [0.2, 0.25) is 0 Å². The van der Waals surface area contributed by atoms with E-state index in [4.69, 9.17) is 31.2 Å². The molecule has 11 nitrogen and oxygen atoms in total. The van der Waals surface area contributed by atoms with Crippen LogP contribution in [0.15, 0.2) is 36.8 Å². The number of nitriles is 1. The van der Waals surface area contributed by atoms with Crippen molar-refractivity contribution in [2.75, 3.05) is 31.7 Å². The summed E-state index contributed by atoms with van der Waals surface area (Å²) in [5, 5.41) is 16.4. The van der Waals surface area contributed by atoms with Crippen LogP contribution in [0, 0.1) is 17.2 Å². The van der Waals surface area contributed by atoms with Gasteiger partial charge in [0.05, 0.1) is 46.9 Å². The maximum atomic E-state index is 13.7. The second-order valence-corrected chi connectivity index (χ2v) is 13.6. The van der Waals surface area contributed by atoms with Crippen LogP contribution in [0.3, 0.4) is 0 Å². The van der Waals surface area contributed by atoms with Gasteiger partial charge in [0.15, 0.2) is 12.3 Å². The summed E-state index contributed by atoms with van der Waals surface area (Å²) < 4.78 is 41.0. The number of pyridine rings is 1. The van der Waals surface area contributed by atoms with Crippen LogP contribution in [-0.4, -0.2) is 80.4 Å². The lowest BCUT2D eigenvalue weighted by Gasteiger charge is -2.47. The van der Waals surface area contributed by atoms with Crippen LogP contribution in [0.25, 0.3) is 22.2 Å². The SMILES string of the molecule is COC1CN(C2CC(F)(F)C2)CCC1n1ncc2c(-c3ccc4c(c3)OCC(=O)N4Cc3ncc(Cl)cn3)c(C#N)c(CC(C)C)nc21. The number of likely N-dealkylation sites (tertiary alicyclic amines) is 1. The highest BCUT2D eigenvalue weighted by Gasteiger charge is 2.49. The topological polar surface area (TPSA) is 122 Å². The average molecular weight is 677 g/mol. The molecule has 2 fully saturated rings. The summed E-state index contributed by atoms with van der Waals surface area (Å²) in [6.45, 7) is 5.30. The zero-order valence-electron chi connectivity index (χ0n) is 26.9. The van der Waals surface area contributed by atoms with Crippen molar-refractivity contribution >= 4 is 34.2 Å². The van der Waals surface area contributed by atoms with E-state index in [0.717, 1.165) is 5.56 Å². The molecule has 0 bridgehead atoms. The van der Waals surface area contributed by atoms with Crippen molar-refractivity contribution in [3.63, 3.8) is 0 Å². The predicted molar refractivity (Wildman–Crippen MR) is 174 cm³/mol. The molecule has 1 aliphatic carbocycles. The number of carbonyl (C=O) groups is 1. The first kappa shape index (κ1) is 32.3. The van der Waals surface area contributed by atoms with E-state index >= 15 is 0 Å². The summed E-state index contributed by atoms with van der Waals surface area (Å²) in [7, 11) is 1.64. The van der Waals surface area contributed by atoms with Gasteiger partial charge < -0.3 is 9.47 Å². The fraction of sp³-hybridized carbons (Fsp3) is 0.471. The number of nitrogens with zero attached hydrogens (tertiary/aromatic N) is 8. The molecule has 250 valence electrons. The molecule has 0 spiro atoms. The molecule has 14 heteroatoms. The van der Waals surface area contributed by atoms with Crippen LogP contribution >= 0.6 is 11.6 Å². The number of methoxy groups -OCH3 is 1. The molecule has 4 aromatic rings. The number of anilines is 1. The number of halogens is 3. The number of fused-ring (bicyclic) bond motifs is 2. The first-order valence-corrected chi connectivity index (χ1v) is 16.4. The molecule has 5 heterocycles. The summed E-state index contributed by atoms with van der Waals surface area (Å²) in [5.74, 6) is -1.68. The molecule has 2 unspecified atom stereocenters. The lowest BCUT2D eigenvalue weighted by Crippen LogP contribution is -2.56. The Labute approximate surface area is 281 Å². The molecule has 3 aliphatic rings. The fourth-order valence-corrected chi connectivity index (χ4v) is 7.16. The normalized spacial score (nSPS) is 21.2. The minimum Gasteiger partial charge on any atom is -0.482 e. The van der Waals surface area contributed by atoms with E-state index in [1.165, 1.54) is 12.4 Å². The first-order chi connectivity index (χ1) is 23.0. The van der Waals surface area contributed by atoms with Crippen LogP contribution in [0.4, 0.5) is 14.5 Å². The van der Waals surface area contributed by atoms with Crippen LogP contribution in [0.5, 0.6) is 5.75 Å². The molecule has 2 atom stereocenters. The van der Waals surface area contributed by atoms with Gasteiger partial charge in [-0.15, -0.1) is 0 Å². The molecule has 2 aliphatic heterocycles. The number of aromatic nitrogens is 5. The van der Waals surface area contributed by atoms with Gasteiger partial charge in [-0.2, -0.15) is 10.4 Å². The van der Waals surface area contributed by atoms with E-state index < -0.39 is 5.92 Å². The van der Waals surface area contributed by atoms with Gasteiger partial charge >= 0.3 is 0 Å². The number of hydrogen-bond donors (Lipinski definition) is 0. The Hall–Kier alpha value is -4.25. The Bertz CT molecular complexity index is 1900. The van der Waals surface area contributed by atoms with Gasteiger partial charge in [-0.3, -0.25) is 14.6 Å². The summed E-state index contributed by atoms with van der Waals surface area (Å²) >= 11 is 5.95. The van der Waals surface area contributed by atoms with Crippen molar-refractivity contribution in [1.29, 1.82) is 5.26 Å². The predicted octanol–water partition coefficient (Wildman–Crippen LogP) is 5.60. The van der Waals surface area contributed by atoms with E-state index in [2.05, 4.69) is 34.8 Å². The molecule has 1 aromatic carbocycles. The summed E-state index contributed by atoms with van der Waals surface area (Å²) in [6, 6.07) is 7.61. The van der Waals surface area contributed by atoms with Crippen molar-refractivity contribution < 1.29 is 23.0 Å². The van der Waals surface area contributed by atoms with E-state index in [1.54, 1.807) is 24.3 Å². The van der Waals surface area contributed by atoms with Gasteiger partial charge in [-0.1, -0.05) is 31.5 Å². The standard InChI is InChI=1S/C34H35ClF2N8O3/c1-19(2)8-25-23(12-38)32(20-4-5-26-28(9-20)48-18-31(46)44(26)17-30-39-13-21(35)14-40-30)24-15-41-45(33(24)42-25)27-6-7-43(16-29(27)47-3)22-10-34(36,37)11-22/h4-5,9,13-15,19,22,27,29H,6-8,10-11,16-18H2,1-3H3. The number of piperidine rings is 1. The van der Waals surface area contributed by atoms with Crippen molar-refractivity contribution in [3.05, 3.63) is 58.9 Å². The molecule has 1 saturated heterocycles. The second kappa shape index (κ2) is 12.7. The number of carbonyl (C=O) groups excluding carboxylic acids is 1. The van der Waals surface area contributed by atoms with Gasteiger partial charge in [0.1, 0.15) is 17.6 Å². The van der Waals surface area contributed by atoms with Crippen molar-refractivity contribution in [1.82, 2.24) is 29.6 Å². The molecule has 0 radical (unpaired) electrons. The average Bonchev–Trinajstić information content (AvgIpc) is 3.47. The molecule has 1 amide bonds. The van der Waals surface area contributed by atoms with Crippen molar-refractivity contribution in [2.24, 2.45) is 5.92 Å². The van der Waals surface area contributed by atoms with Crippen LogP contribution in [0.1, 0.15) is 56.2 Å². The third kappa shape index (κ3) is 5.97. The van der Waals surface area contributed by atoms with Gasteiger partial charge in [0.25, 0.3) is 11.8 Å². The highest BCUT2D eigenvalue weighted by molar-refractivity contribution is 6.30. The lowest BCUT2D eigenvalue weighted by molar-refractivity contribution is -0.139. The van der Waals surface area contributed by atoms with E-state index in [-0.39, 0.29) is 56.0 Å². The molecule has 3 aromatic heterocycles. The number of amides is 1. The van der Waals surface area contributed by atoms with Gasteiger partial charge in [0, 0.05) is 62.4 Å².